The van der Waals surface area contributed by atoms with Crippen molar-refractivity contribution in [2.75, 3.05) is 0 Å². The van der Waals surface area contributed by atoms with Crippen molar-refractivity contribution >= 4 is 38.9 Å². The van der Waals surface area contributed by atoms with Crippen molar-refractivity contribution < 1.29 is 0 Å². The van der Waals surface area contributed by atoms with Crippen molar-refractivity contribution in [1.82, 2.24) is 23.5 Å². The second-order valence-electron chi connectivity index (χ2n) is 9.67. The first-order valence-corrected chi connectivity index (χ1v) is 12.8. The predicted molar refractivity (Wildman–Crippen MR) is 155 cm³/mol. The molecular weight excluding hydrogens is 466 g/mol. The molecule has 5 heteroatoms. The molecule has 38 heavy (non-hydrogen) atoms. The molecule has 8 rings (SSSR count). The van der Waals surface area contributed by atoms with E-state index in [2.05, 4.69) is 130 Å². The molecule has 0 radical (unpaired) electrons. The number of aromatic nitrogens is 5. The molecule has 0 aliphatic carbocycles. The summed E-state index contributed by atoms with van der Waals surface area (Å²) >= 11 is 0. The lowest BCUT2D eigenvalue weighted by Gasteiger charge is -2.10. The van der Waals surface area contributed by atoms with E-state index in [4.69, 9.17) is 9.97 Å². The lowest BCUT2D eigenvalue weighted by molar-refractivity contribution is 0.959. The first kappa shape index (κ1) is 21.0. The summed E-state index contributed by atoms with van der Waals surface area (Å²) in [4.78, 5) is 9.94. The maximum atomic E-state index is 5.03. The van der Waals surface area contributed by atoms with Crippen LogP contribution >= 0.6 is 0 Å². The molecule has 8 aromatic rings. The second-order valence-corrected chi connectivity index (χ2v) is 9.67. The second kappa shape index (κ2) is 7.92. The Bertz CT molecular complexity index is 2160. The zero-order chi connectivity index (χ0) is 25.2. The van der Waals surface area contributed by atoms with Crippen LogP contribution in [0.2, 0.25) is 0 Å². The van der Waals surface area contributed by atoms with E-state index in [0.29, 0.717) is 0 Å². The number of hydrogen-bond acceptors (Lipinski definition) is 2. The molecule has 3 aromatic heterocycles. The van der Waals surface area contributed by atoms with Gasteiger partial charge in [0, 0.05) is 18.3 Å². The minimum Gasteiger partial charge on any atom is -0.327 e. The van der Waals surface area contributed by atoms with Crippen LogP contribution < -0.4 is 0 Å². The van der Waals surface area contributed by atoms with Gasteiger partial charge in [-0.1, -0.05) is 66.7 Å². The molecule has 0 fully saturated rings. The predicted octanol–water partition coefficient (Wildman–Crippen LogP) is 7.65. The number of nitrogens with zero attached hydrogens (tertiary/aromatic N) is 5. The summed E-state index contributed by atoms with van der Waals surface area (Å²) in [6.45, 7) is 0. The summed E-state index contributed by atoms with van der Waals surface area (Å²) in [5, 5.41) is 0. The Morgan fingerprint density at radius 1 is 0.500 bits per heavy atom. The molecule has 0 atom stereocenters. The minimum absolute atomic E-state index is 0.915. The van der Waals surface area contributed by atoms with Crippen LogP contribution in [0.5, 0.6) is 0 Å². The Morgan fingerprint density at radius 2 is 1.11 bits per heavy atom. The SMILES string of the molecule is Cn1c(-c2cccc(-c3cccc(-n4c5ccccc5n5c6ccccc6nc45)c3)c2)nc2ccccc21. The third-order valence-electron chi connectivity index (χ3n) is 7.45. The molecule has 0 aliphatic rings. The Morgan fingerprint density at radius 3 is 1.89 bits per heavy atom. The van der Waals surface area contributed by atoms with Gasteiger partial charge in [-0.2, -0.15) is 0 Å². The van der Waals surface area contributed by atoms with Crippen molar-refractivity contribution in [2.24, 2.45) is 7.05 Å². The van der Waals surface area contributed by atoms with Crippen molar-refractivity contribution in [3.63, 3.8) is 0 Å². The fourth-order valence-electron chi connectivity index (χ4n) is 5.67. The van der Waals surface area contributed by atoms with E-state index in [1.807, 2.05) is 12.1 Å². The zero-order valence-corrected chi connectivity index (χ0v) is 20.8. The van der Waals surface area contributed by atoms with Gasteiger partial charge < -0.3 is 4.57 Å². The van der Waals surface area contributed by atoms with E-state index in [1.165, 1.54) is 0 Å². The highest BCUT2D eigenvalue weighted by atomic mass is 15.2. The maximum Gasteiger partial charge on any atom is 0.220 e. The molecule has 0 bridgehead atoms. The topological polar surface area (TPSA) is 40.0 Å². The fraction of sp³-hybridized carbons (Fsp3) is 0.0303. The van der Waals surface area contributed by atoms with Gasteiger partial charge in [0.2, 0.25) is 5.78 Å². The average molecular weight is 490 g/mol. The van der Waals surface area contributed by atoms with Crippen LogP contribution in [0, 0.1) is 0 Å². The zero-order valence-electron chi connectivity index (χ0n) is 20.8. The third kappa shape index (κ3) is 2.99. The quantitative estimate of drug-likeness (QED) is 0.256. The Hall–Kier alpha value is -5.16. The van der Waals surface area contributed by atoms with Gasteiger partial charge in [0.05, 0.1) is 33.1 Å². The van der Waals surface area contributed by atoms with Gasteiger partial charge in [0.15, 0.2) is 0 Å². The highest BCUT2D eigenvalue weighted by molar-refractivity contribution is 5.92. The normalized spacial score (nSPS) is 11.8. The number of rotatable bonds is 3. The molecule has 5 aromatic carbocycles. The van der Waals surface area contributed by atoms with E-state index in [9.17, 15) is 0 Å². The Balaban J connectivity index is 1.30. The van der Waals surface area contributed by atoms with Crippen LogP contribution in [-0.2, 0) is 7.05 Å². The molecule has 0 spiro atoms. The van der Waals surface area contributed by atoms with Crippen LogP contribution in [-0.4, -0.2) is 23.5 Å². The Kier molecular flexibility index (Phi) is 4.37. The van der Waals surface area contributed by atoms with Gasteiger partial charge in [-0.05, 0) is 65.7 Å². The van der Waals surface area contributed by atoms with E-state index in [1.54, 1.807) is 0 Å². The molecule has 5 nitrogen and oxygen atoms in total. The monoisotopic (exact) mass is 489 g/mol. The third-order valence-corrected chi connectivity index (χ3v) is 7.45. The lowest BCUT2D eigenvalue weighted by atomic mass is 10.0. The largest absolute Gasteiger partial charge is 0.327 e. The smallest absolute Gasteiger partial charge is 0.220 e. The van der Waals surface area contributed by atoms with Gasteiger partial charge in [0.1, 0.15) is 5.82 Å². The number of aryl methyl sites for hydroxylation is 1. The first-order valence-electron chi connectivity index (χ1n) is 12.8. The number of imidazole rings is 3. The van der Waals surface area contributed by atoms with Crippen LogP contribution in [0.15, 0.2) is 121 Å². The van der Waals surface area contributed by atoms with Crippen molar-refractivity contribution in [3.8, 4) is 28.2 Å². The van der Waals surface area contributed by atoms with E-state index in [0.717, 1.165) is 67.1 Å². The van der Waals surface area contributed by atoms with Gasteiger partial charge in [-0.3, -0.25) is 8.97 Å². The van der Waals surface area contributed by atoms with E-state index in [-0.39, 0.29) is 0 Å². The molecule has 0 aliphatic heterocycles. The molecule has 0 saturated carbocycles. The summed E-state index contributed by atoms with van der Waals surface area (Å²) in [7, 11) is 2.08. The highest BCUT2D eigenvalue weighted by Crippen LogP contribution is 2.32. The average Bonchev–Trinajstić information content (AvgIpc) is 3.62. The molecule has 0 N–H and O–H groups in total. The fourth-order valence-corrected chi connectivity index (χ4v) is 5.67. The van der Waals surface area contributed by atoms with Crippen LogP contribution in [0.1, 0.15) is 0 Å². The van der Waals surface area contributed by atoms with Gasteiger partial charge in [-0.25, -0.2) is 9.97 Å². The van der Waals surface area contributed by atoms with Gasteiger partial charge >= 0.3 is 0 Å². The molecule has 0 unspecified atom stereocenters. The first-order chi connectivity index (χ1) is 18.8. The number of fused-ring (bicyclic) bond motifs is 6. The number of para-hydroxylation sites is 6. The van der Waals surface area contributed by atoms with Crippen LogP contribution in [0.25, 0.3) is 67.1 Å². The lowest BCUT2D eigenvalue weighted by Crippen LogP contribution is -1.96. The van der Waals surface area contributed by atoms with Crippen molar-refractivity contribution in [1.29, 1.82) is 0 Å². The van der Waals surface area contributed by atoms with Crippen LogP contribution in [0.3, 0.4) is 0 Å². The maximum absolute atomic E-state index is 5.03. The summed E-state index contributed by atoms with van der Waals surface area (Å²) in [5.41, 5.74) is 11.0. The highest BCUT2D eigenvalue weighted by Gasteiger charge is 2.17. The van der Waals surface area contributed by atoms with E-state index < -0.39 is 0 Å². The summed E-state index contributed by atoms with van der Waals surface area (Å²) in [5.74, 6) is 1.88. The minimum atomic E-state index is 0.915. The standard InChI is InChI=1S/C33H23N5/c1-36-28-16-4-2-14-26(28)34-32(36)24-12-8-10-22(20-24)23-11-9-13-25(21-23)37-30-18-6-7-19-31(30)38-29-17-5-3-15-27(29)35-33(37)38/h2-21H,1H3. The molecule has 3 heterocycles. The van der Waals surface area contributed by atoms with Crippen molar-refractivity contribution in [2.45, 2.75) is 0 Å². The molecule has 0 amide bonds. The number of hydrogen-bond donors (Lipinski definition) is 0. The Labute approximate surface area is 218 Å². The molecule has 0 saturated heterocycles. The van der Waals surface area contributed by atoms with Crippen LogP contribution in [0.4, 0.5) is 0 Å². The van der Waals surface area contributed by atoms with Crippen molar-refractivity contribution in [3.05, 3.63) is 121 Å². The molecule has 180 valence electrons. The van der Waals surface area contributed by atoms with Gasteiger partial charge in [0.25, 0.3) is 0 Å². The summed E-state index contributed by atoms with van der Waals surface area (Å²) in [6, 6.07) is 42.4. The summed E-state index contributed by atoms with van der Waals surface area (Å²) < 4.78 is 6.67. The summed E-state index contributed by atoms with van der Waals surface area (Å²) in [6.07, 6.45) is 0. The molecular formula is C33H23N5. The van der Waals surface area contributed by atoms with E-state index >= 15 is 0 Å². The number of benzene rings is 5. The van der Waals surface area contributed by atoms with Gasteiger partial charge in [-0.15, -0.1) is 0 Å².